The third kappa shape index (κ3) is 4.00. The highest BCUT2D eigenvalue weighted by Gasteiger charge is 2.28. The average molecular weight is 384 g/mol. The highest BCUT2D eigenvalue weighted by molar-refractivity contribution is 6.29. The van der Waals surface area contributed by atoms with Crippen LogP contribution < -0.4 is 16.6 Å². The Bertz CT molecular complexity index is 975. The van der Waals surface area contributed by atoms with Crippen LogP contribution in [0.15, 0.2) is 9.59 Å². The Hall–Kier alpha value is -2.09. The lowest BCUT2D eigenvalue weighted by molar-refractivity contribution is -0.123. The number of hydrogen-bond acceptors (Lipinski definition) is 4. The van der Waals surface area contributed by atoms with Gasteiger partial charge in [-0.05, 0) is 37.3 Å². The highest BCUT2D eigenvalue weighted by Crippen LogP contribution is 2.26. The van der Waals surface area contributed by atoms with Crippen molar-refractivity contribution in [3.8, 4) is 0 Å². The first-order valence-electron chi connectivity index (χ1n) is 8.36. The number of nitrogens with zero attached hydrogens (tertiary/aromatic N) is 4. The summed E-state index contributed by atoms with van der Waals surface area (Å²) >= 11 is 6.15. The Kier molecular flexibility index (Phi) is 5.11. The maximum Gasteiger partial charge on any atom is 0.332 e. The van der Waals surface area contributed by atoms with E-state index >= 15 is 0 Å². The number of aryl methyl sites for hydroxylation is 1. The molecule has 26 heavy (non-hydrogen) atoms. The van der Waals surface area contributed by atoms with Gasteiger partial charge in [0.15, 0.2) is 11.2 Å². The molecule has 2 rings (SSSR count). The summed E-state index contributed by atoms with van der Waals surface area (Å²) in [6.45, 7) is 10.1. The topological polar surface area (TPSA) is 90.9 Å². The quantitative estimate of drug-likeness (QED) is 0.808. The number of imidazole rings is 1. The number of nitrogens with one attached hydrogen (secondary N) is 1. The van der Waals surface area contributed by atoms with Crippen molar-refractivity contribution < 1.29 is 4.79 Å². The summed E-state index contributed by atoms with van der Waals surface area (Å²) in [6, 6.07) is 0. The number of fused-ring (bicyclic) bond motifs is 1. The van der Waals surface area contributed by atoms with Crippen molar-refractivity contribution in [1.29, 1.82) is 0 Å². The van der Waals surface area contributed by atoms with E-state index in [1.807, 2.05) is 13.8 Å². The molecule has 0 aliphatic carbocycles. The minimum atomic E-state index is -0.538. The van der Waals surface area contributed by atoms with Crippen LogP contribution in [0.1, 0.15) is 41.0 Å². The van der Waals surface area contributed by atoms with E-state index in [0.717, 1.165) is 11.0 Å². The SMILES string of the molecule is Cn1c(=O)c2c(nc(Cl)n2CC(=O)NC(C)(C)CC(C)(C)C)n(C)c1=O. The smallest absolute Gasteiger partial charge is 0.332 e. The van der Waals surface area contributed by atoms with Crippen molar-refractivity contribution in [2.75, 3.05) is 0 Å². The van der Waals surface area contributed by atoms with Gasteiger partial charge in [0.2, 0.25) is 11.2 Å². The van der Waals surface area contributed by atoms with Crippen molar-refractivity contribution in [1.82, 2.24) is 24.0 Å². The van der Waals surface area contributed by atoms with Gasteiger partial charge in [-0.15, -0.1) is 0 Å². The van der Waals surface area contributed by atoms with Gasteiger partial charge < -0.3 is 5.32 Å². The van der Waals surface area contributed by atoms with E-state index in [4.69, 9.17) is 11.6 Å². The Morgan fingerprint density at radius 3 is 2.23 bits per heavy atom. The van der Waals surface area contributed by atoms with E-state index in [2.05, 4.69) is 31.1 Å². The number of carbonyl (C=O) groups excluding carboxylic acids is 1. The van der Waals surface area contributed by atoms with E-state index in [-0.39, 0.29) is 34.3 Å². The Labute approximate surface area is 156 Å². The second kappa shape index (κ2) is 6.57. The molecule has 0 saturated heterocycles. The summed E-state index contributed by atoms with van der Waals surface area (Å²) in [6.07, 6.45) is 0.778. The number of amides is 1. The van der Waals surface area contributed by atoms with Crippen LogP contribution in [-0.4, -0.2) is 30.1 Å². The van der Waals surface area contributed by atoms with Gasteiger partial charge in [0.25, 0.3) is 5.56 Å². The third-order valence-corrected chi connectivity index (χ3v) is 4.34. The van der Waals surface area contributed by atoms with Crippen molar-refractivity contribution in [2.24, 2.45) is 19.5 Å². The molecular formula is C17H26ClN5O3. The van der Waals surface area contributed by atoms with Crippen LogP contribution in [0.2, 0.25) is 5.28 Å². The zero-order valence-corrected chi connectivity index (χ0v) is 17.1. The van der Waals surface area contributed by atoms with Crippen LogP contribution in [0, 0.1) is 5.41 Å². The Morgan fingerprint density at radius 2 is 1.69 bits per heavy atom. The molecule has 0 aliphatic rings. The number of aromatic nitrogens is 4. The van der Waals surface area contributed by atoms with Crippen molar-refractivity contribution in [2.45, 2.75) is 53.1 Å². The largest absolute Gasteiger partial charge is 0.350 e. The minimum Gasteiger partial charge on any atom is -0.350 e. The molecule has 0 saturated carbocycles. The first kappa shape index (κ1) is 20.2. The van der Waals surface area contributed by atoms with E-state index in [0.29, 0.717) is 0 Å². The molecule has 0 unspecified atom stereocenters. The van der Waals surface area contributed by atoms with Gasteiger partial charge in [-0.2, -0.15) is 4.98 Å². The maximum absolute atomic E-state index is 12.6. The molecule has 144 valence electrons. The van der Waals surface area contributed by atoms with Gasteiger partial charge in [0.1, 0.15) is 6.54 Å². The van der Waals surface area contributed by atoms with Crippen LogP contribution >= 0.6 is 11.6 Å². The van der Waals surface area contributed by atoms with Crippen LogP contribution in [0.4, 0.5) is 0 Å². The Balaban J connectivity index is 2.40. The third-order valence-electron chi connectivity index (χ3n) is 4.05. The van der Waals surface area contributed by atoms with Crippen LogP contribution in [0.25, 0.3) is 11.2 Å². The molecule has 0 radical (unpaired) electrons. The van der Waals surface area contributed by atoms with Gasteiger partial charge in [0.05, 0.1) is 0 Å². The summed E-state index contributed by atoms with van der Waals surface area (Å²) in [5.74, 6) is -0.281. The maximum atomic E-state index is 12.6. The zero-order chi connectivity index (χ0) is 20.0. The predicted molar refractivity (Wildman–Crippen MR) is 102 cm³/mol. The molecule has 0 spiro atoms. The molecule has 0 fully saturated rings. The fourth-order valence-corrected chi connectivity index (χ4v) is 3.72. The van der Waals surface area contributed by atoms with E-state index < -0.39 is 16.8 Å². The predicted octanol–water partition coefficient (Wildman–Crippen LogP) is 1.42. The lowest BCUT2D eigenvalue weighted by atomic mass is 9.82. The lowest BCUT2D eigenvalue weighted by Gasteiger charge is -2.33. The second-order valence-corrected chi connectivity index (χ2v) is 8.85. The summed E-state index contributed by atoms with van der Waals surface area (Å²) in [7, 11) is 2.88. The molecule has 2 heterocycles. The molecule has 8 nitrogen and oxygen atoms in total. The average Bonchev–Trinajstić information content (AvgIpc) is 2.76. The van der Waals surface area contributed by atoms with E-state index in [9.17, 15) is 14.4 Å². The Morgan fingerprint density at radius 1 is 1.12 bits per heavy atom. The standard InChI is InChI=1S/C17H26ClN5O3/c1-16(2,3)9-17(4,5)20-10(24)8-23-11-12(19-14(23)18)21(6)15(26)22(7)13(11)25/h8-9H2,1-7H3,(H,20,24). The van der Waals surface area contributed by atoms with Crippen LogP contribution in [0.5, 0.6) is 0 Å². The first-order valence-corrected chi connectivity index (χ1v) is 8.74. The van der Waals surface area contributed by atoms with E-state index in [1.165, 1.54) is 23.2 Å². The lowest BCUT2D eigenvalue weighted by Crippen LogP contribution is -2.47. The van der Waals surface area contributed by atoms with Gasteiger partial charge in [0, 0.05) is 19.6 Å². The van der Waals surface area contributed by atoms with Gasteiger partial charge in [-0.25, -0.2) is 4.79 Å². The van der Waals surface area contributed by atoms with Crippen molar-refractivity contribution in [3.05, 3.63) is 26.1 Å². The van der Waals surface area contributed by atoms with Gasteiger partial charge in [-0.1, -0.05) is 20.8 Å². The molecule has 2 aromatic heterocycles. The van der Waals surface area contributed by atoms with Crippen molar-refractivity contribution in [3.63, 3.8) is 0 Å². The van der Waals surface area contributed by atoms with Crippen LogP contribution in [0.3, 0.4) is 0 Å². The second-order valence-electron chi connectivity index (χ2n) is 8.51. The molecule has 0 bridgehead atoms. The molecule has 0 atom stereocenters. The monoisotopic (exact) mass is 383 g/mol. The minimum absolute atomic E-state index is 0.0120. The molecule has 9 heteroatoms. The zero-order valence-electron chi connectivity index (χ0n) is 16.3. The number of hydrogen-bond donors (Lipinski definition) is 1. The number of halogens is 1. The van der Waals surface area contributed by atoms with Gasteiger partial charge in [-0.3, -0.25) is 23.3 Å². The fourth-order valence-electron chi connectivity index (χ4n) is 3.49. The molecule has 0 aromatic carbocycles. The fraction of sp³-hybridized carbons (Fsp3) is 0.647. The van der Waals surface area contributed by atoms with E-state index in [1.54, 1.807) is 0 Å². The summed E-state index contributed by atoms with van der Waals surface area (Å²) in [5, 5.41) is 2.97. The summed E-state index contributed by atoms with van der Waals surface area (Å²) < 4.78 is 3.54. The normalized spacial score (nSPS) is 12.6. The number of carbonyl (C=O) groups is 1. The molecular weight excluding hydrogens is 358 g/mol. The van der Waals surface area contributed by atoms with Crippen molar-refractivity contribution >= 4 is 28.7 Å². The molecule has 1 amide bonds. The first-order chi connectivity index (χ1) is 11.7. The van der Waals surface area contributed by atoms with Crippen LogP contribution in [-0.2, 0) is 25.4 Å². The van der Waals surface area contributed by atoms with Gasteiger partial charge >= 0.3 is 5.69 Å². The summed E-state index contributed by atoms with van der Waals surface area (Å²) in [4.78, 5) is 41.2. The molecule has 0 aliphatic heterocycles. The molecule has 1 N–H and O–H groups in total. The summed E-state index contributed by atoms with van der Waals surface area (Å²) in [5.41, 5.74) is -1.13. The molecule has 2 aromatic rings. The highest BCUT2D eigenvalue weighted by atomic mass is 35.5. The number of rotatable bonds is 4.